The van der Waals surface area contributed by atoms with E-state index in [0.717, 1.165) is 0 Å². The molecule has 5 nitrogen and oxygen atoms in total. The molecule has 1 aromatic heterocycles. The van der Waals surface area contributed by atoms with E-state index in [4.69, 9.17) is 9.84 Å². The van der Waals surface area contributed by atoms with E-state index >= 15 is 0 Å². The van der Waals surface area contributed by atoms with Crippen molar-refractivity contribution in [3.63, 3.8) is 0 Å². The summed E-state index contributed by atoms with van der Waals surface area (Å²) in [4.78, 5) is 14.7. The van der Waals surface area contributed by atoms with Crippen molar-refractivity contribution >= 4 is 17.3 Å². The van der Waals surface area contributed by atoms with Gasteiger partial charge >= 0.3 is 5.97 Å². The summed E-state index contributed by atoms with van der Waals surface area (Å²) in [5, 5.41) is 11.7. The summed E-state index contributed by atoms with van der Waals surface area (Å²) in [7, 11) is 1.46. The normalized spacial score (nSPS) is 10.0. The number of carboxylic acids is 1. The number of methoxy groups -OCH3 is 1. The number of ether oxygens (including phenoxy) is 1. The van der Waals surface area contributed by atoms with Gasteiger partial charge in [0.15, 0.2) is 0 Å². The summed E-state index contributed by atoms with van der Waals surface area (Å²) in [5.74, 6) is -1.18. The molecule has 1 aromatic carbocycles. The molecule has 0 bridgehead atoms. The second-order valence-electron chi connectivity index (χ2n) is 3.70. The zero-order chi connectivity index (χ0) is 13.8. The average Bonchev–Trinajstić information content (AvgIpc) is 2.41. The number of nitrogens with one attached hydrogen (secondary N) is 1. The van der Waals surface area contributed by atoms with Crippen LogP contribution in [-0.4, -0.2) is 23.2 Å². The van der Waals surface area contributed by atoms with Gasteiger partial charge in [-0.05, 0) is 18.2 Å². The Hall–Kier alpha value is -2.63. The SMILES string of the molecule is COc1ccc(F)c(Nc2ccncc2C(=O)O)c1. The zero-order valence-corrected chi connectivity index (χ0v) is 10.1. The molecule has 2 N–H and O–H groups in total. The largest absolute Gasteiger partial charge is 0.497 e. The average molecular weight is 262 g/mol. The number of carbonyl (C=O) groups is 1. The van der Waals surface area contributed by atoms with Gasteiger partial charge in [0.25, 0.3) is 0 Å². The summed E-state index contributed by atoms with van der Waals surface area (Å²) >= 11 is 0. The third-order valence-corrected chi connectivity index (χ3v) is 2.49. The van der Waals surface area contributed by atoms with Gasteiger partial charge in [-0.25, -0.2) is 9.18 Å². The van der Waals surface area contributed by atoms with Crippen molar-refractivity contribution < 1.29 is 19.0 Å². The lowest BCUT2D eigenvalue weighted by atomic mass is 10.2. The van der Waals surface area contributed by atoms with Crippen LogP contribution < -0.4 is 10.1 Å². The topological polar surface area (TPSA) is 71.5 Å². The number of pyridine rings is 1. The highest BCUT2D eigenvalue weighted by molar-refractivity contribution is 5.94. The van der Waals surface area contributed by atoms with Gasteiger partial charge < -0.3 is 15.2 Å². The molecule has 0 saturated heterocycles. The fourth-order valence-electron chi connectivity index (χ4n) is 1.55. The first-order valence-corrected chi connectivity index (χ1v) is 5.39. The van der Waals surface area contributed by atoms with Gasteiger partial charge in [-0.1, -0.05) is 0 Å². The minimum atomic E-state index is -1.14. The number of aromatic nitrogens is 1. The van der Waals surface area contributed by atoms with E-state index in [1.807, 2.05) is 0 Å². The number of rotatable bonds is 4. The molecule has 0 atom stereocenters. The molecule has 0 radical (unpaired) electrons. The van der Waals surface area contributed by atoms with Crippen LogP contribution in [0.4, 0.5) is 15.8 Å². The van der Waals surface area contributed by atoms with E-state index in [1.165, 1.54) is 43.8 Å². The number of carboxylic acid groups (broad SMARTS) is 1. The van der Waals surface area contributed by atoms with Gasteiger partial charge in [0.1, 0.15) is 17.1 Å². The minimum absolute atomic E-state index is 0.0373. The van der Waals surface area contributed by atoms with Gasteiger partial charge in [0, 0.05) is 18.5 Å². The number of hydrogen-bond donors (Lipinski definition) is 2. The molecule has 0 aliphatic rings. The van der Waals surface area contributed by atoms with Crippen LogP contribution in [0.5, 0.6) is 5.75 Å². The quantitative estimate of drug-likeness (QED) is 0.886. The van der Waals surface area contributed by atoms with Crippen molar-refractivity contribution in [2.75, 3.05) is 12.4 Å². The summed E-state index contributed by atoms with van der Waals surface area (Å²) in [6, 6.07) is 5.62. The minimum Gasteiger partial charge on any atom is -0.497 e. The van der Waals surface area contributed by atoms with E-state index in [9.17, 15) is 9.18 Å². The van der Waals surface area contributed by atoms with E-state index in [0.29, 0.717) is 5.75 Å². The number of nitrogens with zero attached hydrogens (tertiary/aromatic N) is 1. The molecule has 0 unspecified atom stereocenters. The maximum Gasteiger partial charge on any atom is 0.339 e. The second kappa shape index (κ2) is 5.34. The highest BCUT2D eigenvalue weighted by atomic mass is 19.1. The zero-order valence-electron chi connectivity index (χ0n) is 10.1. The number of benzene rings is 1. The van der Waals surface area contributed by atoms with Crippen molar-refractivity contribution in [2.24, 2.45) is 0 Å². The highest BCUT2D eigenvalue weighted by Gasteiger charge is 2.12. The second-order valence-corrected chi connectivity index (χ2v) is 3.70. The van der Waals surface area contributed by atoms with Crippen LogP contribution in [-0.2, 0) is 0 Å². The molecule has 0 spiro atoms. The Morgan fingerprint density at radius 3 is 2.84 bits per heavy atom. The summed E-state index contributed by atoms with van der Waals surface area (Å²) in [6.45, 7) is 0. The highest BCUT2D eigenvalue weighted by Crippen LogP contribution is 2.26. The van der Waals surface area contributed by atoms with Crippen LogP contribution in [0.25, 0.3) is 0 Å². The summed E-state index contributed by atoms with van der Waals surface area (Å²) in [5.41, 5.74) is 0.354. The Morgan fingerprint density at radius 1 is 1.37 bits per heavy atom. The monoisotopic (exact) mass is 262 g/mol. The molecule has 0 aliphatic heterocycles. The van der Waals surface area contributed by atoms with E-state index < -0.39 is 11.8 Å². The van der Waals surface area contributed by atoms with Crippen molar-refractivity contribution in [3.8, 4) is 5.75 Å². The van der Waals surface area contributed by atoms with Crippen molar-refractivity contribution in [3.05, 3.63) is 48.0 Å². The predicted octanol–water partition coefficient (Wildman–Crippen LogP) is 2.67. The molecule has 0 amide bonds. The molecule has 0 fully saturated rings. The fraction of sp³-hybridized carbons (Fsp3) is 0.0769. The van der Waals surface area contributed by atoms with Crippen LogP contribution >= 0.6 is 0 Å². The third-order valence-electron chi connectivity index (χ3n) is 2.49. The number of halogens is 1. The Bertz CT molecular complexity index is 617. The molecule has 98 valence electrons. The summed E-state index contributed by atoms with van der Waals surface area (Å²) < 4.78 is 18.6. The van der Waals surface area contributed by atoms with Gasteiger partial charge in [-0.2, -0.15) is 0 Å². The van der Waals surface area contributed by atoms with E-state index in [-0.39, 0.29) is 16.9 Å². The standard InChI is InChI=1S/C13H11FN2O3/c1-19-8-2-3-10(14)12(6-8)16-11-4-5-15-7-9(11)13(17)18/h2-7H,1H3,(H,15,16)(H,17,18). The molecular weight excluding hydrogens is 251 g/mol. The third kappa shape index (κ3) is 2.79. The maximum atomic E-state index is 13.6. The lowest BCUT2D eigenvalue weighted by molar-refractivity contribution is 0.0697. The van der Waals surface area contributed by atoms with E-state index in [2.05, 4.69) is 10.3 Å². The molecule has 19 heavy (non-hydrogen) atoms. The van der Waals surface area contributed by atoms with Crippen LogP contribution in [0.15, 0.2) is 36.7 Å². The van der Waals surface area contributed by atoms with Crippen LogP contribution in [0.2, 0.25) is 0 Å². The first kappa shape index (κ1) is 12.8. The molecule has 0 aliphatic carbocycles. The molecular formula is C13H11FN2O3. The van der Waals surface area contributed by atoms with Gasteiger partial charge in [0.05, 0.1) is 18.5 Å². The predicted molar refractivity (Wildman–Crippen MR) is 67.4 cm³/mol. The Labute approximate surface area is 108 Å². The Balaban J connectivity index is 2.38. The van der Waals surface area contributed by atoms with Gasteiger partial charge in [-0.15, -0.1) is 0 Å². The Morgan fingerprint density at radius 2 is 2.16 bits per heavy atom. The molecule has 6 heteroatoms. The van der Waals surface area contributed by atoms with Crippen molar-refractivity contribution in [1.29, 1.82) is 0 Å². The number of aromatic carboxylic acids is 1. The molecule has 2 aromatic rings. The smallest absolute Gasteiger partial charge is 0.339 e. The van der Waals surface area contributed by atoms with Crippen molar-refractivity contribution in [2.45, 2.75) is 0 Å². The summed E-state index contributed by atoms with van der Waals surface area (Å²) in [6.07, 6.45) is 2.62. The van der Waals surface area contributed by atoms with Gasteiger partial charge in [0.2, 0.25) is 0 Å². The van der Waals surface area contributed by atoms with Crippen molar-refractivity contribution in [1.82, 2.24) is 4.98 Å². The lowest BCUT2D eigenvalue weighted by Crippen LogP contribution is -2.04. The molecule has 2 rings (SSSR count). The molecule has 0 saturated carbocycles. The lowest BCUT2D eigenvalue weighted by Gasteiger charge is -2.11. The van der Waals surface area contributed by atoms with E-state index in [1.54, 1.807) is 0 Å². The fourth-order valence-corrected chi connectivity index (χ4v) is 1.55. The molecule has 1 heterocycles. The maximum absolute atomic E-state index is 13.6. The first-order valence-electron chi connectivity index (χ1n) is 5.39. The van der Waals surface area contributed by atoms with Crippen LogP contribution in [0.3, 0.4) is 0 Å². The Kier molecular flexibility index (Phi) is 3.61. The first-order chi connectivity index (χ1) is 9.11. The van der Waals surface area contributed by atoms with Crippen LogP contribution in [0.1, 0.15) is 10.4 Å². The van der Waals surface area contributed by atoms with Crippen LogP contribution in [0, 0.1) is 5.82 Å². The number of anilines is 2. The number of hydrogen-bond acceptors (Lipinski definition) is 4. The van der Waals surface area contributed by atoms with Gasteiger partial charge in [-0.3, -0.25) is 4.98 Å².